The number of piperazine rings is 1. The van der Waals surface area contributed by atoms with Crippen LogP contribution in [0.4, 0.5) is 5.82 Å². The van der Waals surface area contributed by atoms with Crippen molar-refractivity contribution in [1.29, 1.82) is 0 Å². The van der Waals surface area contributed by atoms with Gasteiger partial charge in [-0.2, -0.15) is 0 Å². The quantitative estimate of drug-likeness (QED) is 0.725. The number of anilines is 1. The van der Waals surface area contributed by atoms with Gasteiger partial charge in [-0.3, -0.25) is 4.79 Å². The summed E-state index contributed by atoms with van der Waals surface area (Å²) in [6.07, 6.45) is 6.31. The van der Waals surface area contributed by atoms with E-state index in [2.05, 4.69) is 31.9 Å². The Hall–Kier alpha value is -2.34. The molecule has 1 aromatic carbocycles. The monoisotopic (exact) mass is 413 g/mol. The van der Waals surface area contributed by atoms with Crippen LogP contribution in [0.25, 0.3) is 6.08 Å². The highest BCUT2D eigenvalue weighted by atomic mass is 79.9. The van der Waals surface area contributed by atoms with Crippen LogP contribution in [0.3, 0.4) is 0 Å². The lowest BCUT2D eigenvalue weighted by molar-refractivity contribution is -0.126. The number of pyridine rings is 1. The molecule has 0 saturated carbocycles. The Kier molecular flexibility index (Phi) is 4.93. The SMILES string of the molecule is O=C(C=Cc1ccc2c(c1)CCO2)N1CCN(c2ccc(Br)cn2)CC1. The number of benzene rings is 1. The minimum atomic E-state index is 0.0603. The van der Waals surface area contributed by atoms with Crippen molar-refractivity contribution >= 4 is 33.7 Å². The van der Waals surface area contributed by atoms with Crippen LogP contribution in [-0.4, -0.2) is 48.6 Å². The standard InChI is InChI=1S/C20H20BrN3O2/c21-17-3-5-19(22-14-17)23-8-10-24(11-9-23)20(25)6-2-15-1-4-18-16(13-15)7-12-26-18/h1-6,13-14H,7-12H2. The van der Waals surface area contributed by atoms with Crippen LogP contribution in [0.15, 0.2) is 47.1 Å². The zero-order chi connectivity index (χ0) is 17.9. The molecule has 2 aliphatic heterocycles. The van der Waals surface area contributed by atoms with Crippen molar-refractivity contribution in [3.05, 3.63) is 58.2 Å². The third-order valence-corrected chi connectivity index (χ3v) is 5.23. The Balaban J connectivity index is 1.34. The lowest BCUT2D eigenvalue weighted by Gasteiger charge is -2.34. The fraction of sp³-hybridized carbons (Fsp3) is 0.300. The Labute approximate surface area is 161 Å². The first-order valence-corrected chi connectivity index (χ1v) is 9.57. The fourth-order valence-electron chi connectivity index (χ4n) is 3.29. The predicted octanol–water partition coefficient (Wildman–Crippen LogP) is 3.14. The van der Waals surface area contributed by atoms with Crippen LogP contribution in [-0.2, 0) is 11.2 Å². The highest BCUT2D eigenvalue weighted by molar-refractivity contribution is 9.10. The van der Waals surface area contributed by atoms with Gasteiger partial charge in [0.05, 0.1) is 6.61 Å². The minimum absolute atomic E-state index is 0.0603. The van der Waals surface area contributed by atoms with E-state index in [4.69, 9.17) is 4.74 Å². The van der Waals surface area contributed by atoms with E-state index in [0.29, 0.717) is 13.1 Å². The largest absolute Gasteiger partial charge is 0.493 e. The molecule has 1 saturated heterocycles. The molecule has 4 rings (SSSR count). The molecule has 1 aromatic heterocycles. The van der Waals surface area contributed by atoms with E-state index in [1.54, 1.807) is 12.3 Å². The van der Waals surface area contributed by atoms with Gasteiger partial charge in [0, 0.05) is 49.3 Å². The Morgan fingerprint density at radius 2 is 2.00 bits per heavy atom. The van der Waals surface area contributed by atoms with E-state index in [1.165, 1.54) is 5.56 Å². The van der Waals surface area contributed by atoms with Gasteiger partial charge in [0.15, 0.2) is 0 Å². The maximum absolute atomic E-state index is 12.5. The normalized spacial score (nSPS) is 16.7. The van der Waals surface area contributed by atoms with E-state index < -0.39 is 0 Å². The van der Waals surface area contributed by atoms with Crippen molar-refractivity contribution in [2.75, 3.05) is 37.7 Å². The average molecular weight is 414 g/mol. The predicted molar refractivity (Wildman–Crippen MR) is 105 cm³/mol. The van der Waals surface area contributed by atoms with Gasteiger partial charge in [-0.05, 0) is 57.4 Å². The molecule has 1 amide bonds. The van der Waals surface area contributed by atoms with Crippen molar-refractivity contribution in [3.8, 4) is 5.75 Å². The maximum atomic E-state index is 12.5. The van der Waals surface area contributed by atoms with E-state index in [0.717, 1.165) is 47.7 Å². The number of ether oxygens (including phenoxy) is 1. The van der Waals surface area contributed by atoms with Crippen LogP contribution in [0.5, 0.6) is 5.75 Å². The zero-order valence-corrected chi connectivity index (χ0v) is 16.0. The molecule has 2 aromatic rings. The van der Waals surface area contributed by atoms with Crippen LogP contribution < -0.4 is 9.64 Å². The number of rotatable bonds is 3. The number of nitrogens with zero attached hydrogens (tertiary/aromatic N) is 3. The summed E-state index contributed by atoms with van der Waals surface area (Å²) in [5.41, 5.74) is 2.26. The lowest BCUT2D eigenvalue weighted by Crippen LogP contribution is -2.48. The first kappa shape index (κ1) is 17.1. The molecule has 6 heteroatoms. The molecule has 1 fully saturated rings. The minimum Gasteiger partial charge on any atom is -0.493 e. The van der Waals surface area contributed by atoms with Crippen molar-refractivity contribution in [2.24, 2.45) is 0 Å². The molecule has 0 bridgehead atoms. The molecule has 134 valence electrons. The van der Waals surface area contributed by atoms with E-state index in [1.807, 2.05) is 35.2 Å². The van der Waals surface area contributed by atoms with E-state index in [9.17, 15) is 4.79 Å². The summed E-state index contributed by atoms with van der Waals surface area (Å²) in [6.45, 7) is 3.76. The molecule has 0 atom stereocenters. The zero-order valence-electron chi connectivity index (χ0n) is 14.4. The number of aromatic nitrogens is 1. The van der Waals surface area contributed by atoms with Gasteiger partial charge in [-0.1, -0.05) is 6.07 Å². The third-order valence-electron chi connectivity index (χ3n) is 4.76. The van der Waals surface area contributed by atoms with Gasteiger partial charge in [0.2, 0.25) is 5.91 Å². The van der Waals surface area contributed by atoms with Crippen LogP contribution in [0.1, 0.15) is 11.1 Å². The van der Waals surface area contributed by atoms with Crippen molar-refractivity contribution in [2.45, 2.75) is 6.42 Å². The summed E-state index contributed by atoms with van der Waals surface area (Å²) in [6, 6.07) is 10.1. The Morgan fingerprint density at radius 1 is 1.15 bits per heavy atom. The van der Waals surface area contributed by atoms with Crippen molar-refractivity contribution in [3.63, 3.8) is 0 Å². The molecule has 0 N–H and O–H groups in total. The number of hydrogen-bond donors (Lipinski definition) is 0. The van der Waals surface area contributed by atoms with Gasteiger partial charge in [-0.15, -0.1) is 0 Å². The van der Waals surface area contributed by atoms with Gasteiger partial charge in [0.1, 0.15) is 11.6 Å². The number of halogens is 1. The molecule has 0 spiro atoms. The summed E-state index contributed by atoms with van der Waals surface area (Å²) in [7, 11) is 0. The van der Waals surface area contributed by atoms with Crippen LogP contribution >= 0.6 is 15.9 Å². The topological polar surface area (TPSA) is 45.7 Å². The average Bonchev–Trinajstić information content (AvgIpc) is 3.15. The molecular weight excluding hydrogens is 394 g/mol. The van der Waals surface area contributed by atoms with Gasteiger partial charge < -0.3 is 14.5 Å². The second-order valence-corrected chi connectivity index (χ2v) is 7.36. The molecule has 2 aliphatic rings. The molecule has 5 nitrogen and oxygen atoms in total. The Morgan fingerprint density at radius 3 is 2.77 bits per heavy atom. The number of hydrogen-bond acceptors (Lipinski definition) is 4. The second-order valence-electron chi connectivity index (χ2n) is 6.45. The van der Waals surface area contributed by atoms with Gasteiger partial charge in [0.25, 0.3) is 0 Å². The molecule has 3 heterocycles. The number of carbonyl (C=O) groups excluding carboxylic acids is 1. The lowest BCUT2D eigenvalue weighted by atomic mass is 10.1. The summed E-state index contributed by atoms with van der Waals surface area (Å²) in [4.78, 5) is 21.0. The number of fused-ring (bicyclic) bond motifs is 1. The van der Waals surface area contributed by atoms with Gasteiger partial charge >= 0.3 is 0 Å². The fourth-order valence-corrected chi connectivity index (χ4v) is 3.53. The number of carbonyl (C=O) groups is 1. The third kappa shape index (κ3) is 3.75. The molecule has 26 heavy (non-hydrogen) atoms. The van der Waals surface area contributed by atoms with Crippen molar-refractivity contribution in [1.82, 2.24) is 9.88 Å². The summed E-state index contributed by atoms with van der Waals surface area (Å²) >= 11 is 3.40. The Bertz CT molecular complexity index is 827. The molecule has 0 radical (unpaired) electrons. The van der Waals surface area contributed by atoms with E-state index in [-0.39, 0.29) is 5.91 Å². The maximum Gasteiger partial charge on any atom is 0.246 e. The highest BCUT2D eigenvalue weighted by Gasteiger charge is 2.20. The van der Waals surface area contributed by atoms with E-state index >= 15 is 0 Å². The second kappa shape index (κ2) is 7.50. The van der Waals surface area contributed by atoms with Gasteiger partial charge in [-0.25, -0.2) is 4.98 Å². The summed E-state index contributed by atoms with van der Waals surface area (Å²) in [5.74, 6) is 1.98. The highest BCUT2D eigenvalue weighted by Crippen LogP contribution is 2.26. The first-order chi connectivity index (χ1) is 12.7. The smallest absolute Gasteiger partial charge is 0.246 e. The molecule has 0 aliphatic carbocycles. The first-order valence-electron chi connectivity index (χ1n) is 8.78. The van der Waals surface area contributed by atoms with Crippen LogP contribution in [0, 0.1) is 0 Å². The summed E-state index contributed by atoms with van der Waals surface area (Å²) < 4.78 is 6.49. The van der Waals surface area contributed by atoms with Crippen LogP contribution in [0.2, 0.25) is 0 Å². The number of amides is 1. The molecule has 0 unspecified atom stereocenters. The molecular formula is C20H20BrN3O2. The summed E-state index contributed by atoms with van der Waals surface area (Å²) in [5, 5.41) is 0. The van der Waals surface area contributed by atoms with Crippen molar-refractivity contribution < 1.29 is 9.53 Å².